The van der Waals surface area contributed by atoms with Gasteiger partial charge in [0.25, 0.3) is 0 Å². The first-order valence-electron chi connectivity index (χ1n) is 8.12. The van der Waals surface area contributed by atoms with E-state index in [1.807, 2.05) is 0 Å². The lowest BCUT2D eigenvalue weighted by Gasteiger charge is -2.34. The molecule has 1 aliphatic carbocycles. The highest BCUT2D eigenvalue weighted by Gasteiger charge is 2.32. The second-order valence-corrected chi connectivity index (χ2v) is 6.77. The Balaban J connectivity index is 1.78. The maximum absolute atomic E-state index is 12.3. The molecule has 2 atom stereocenters. The third kappa shape index (κ3) is 4.43. The summed E-state index contributed by atoms with van der Waals surface area (Å²) in [4.78, 5) is 23.3. The minimum atomic E-state index is -0.724. The zero-order valence-electron chi connectivity index (χ0n) is 13.0. The van der Waals surface area contributed by atoms with E-state index in [9.17, 15) is 9.59 Å². The van der Waals surface area contributed by atoms with Crippen molar-refractivity contribution in [2.24, 2.45) is 17.8 Å². The van der Waals surface area contributed by atoms with Gasteiger partial charge < -0.3 is 15.2 Å². The molecule has 5 heteroatoms. The molecular formula is C16H27NO4. The van der Waals surface area contributed by atoms with Crippen LogP contribution in [0.4, 0.5) is 0 Å². The fourth-order valence-corrected chi connectivity index (χ4v) is 3.35. The molecule has 0 spiro atoms. The molecule has 21 heavy (non-hydrogen) atoms. The smallest absolute Gasteiger partial charge is 0.306 e. The molecule has 2 rings (SSSR count). The first kappa shape index (κ1) is 16.3. The average molecular weight is 297 g/mol. The van der Waals surface area contributed by atoms with Crippen LogP contribution in [-0.2, 0) is 14.3 Å². The largest absolute Gasteiger partial charge is 0.481 e. The van der Waals surface area contributed by atoms with Crippen molar-refractivity contribution >= 4 is 11.9 Å². The highest BCUT2D eigenvalue weighted by Crippen LogP contribution is 2.29. The Morgan fingerprint density at radius 3 is 2.29 bits per heavy atom. The molecule has 0 aromatic carbocycles. The van der Waals surface area contributed by atoms with Gasteiger partial charge in [0.2, 0.25) is 5.91 Å². The number of nitrogens with one attached hydrogen (secondary N) is 1. The monoisotopic (exact) mass is 297 g/mol. The Morgan fingerprint density at radius 1 is 1.10 bits per heavy atom. The standard InChI is InChI=1S/C16H27NO4/c1-10(2)14-9-13(7-8-21-14)17-15(18)11-3-5-12(6-4-11)16(19)20/h10-14H,3-9H2,1-2H3,(H,17,18)(H,19,20). The number of rotatable bonds is 4. The third-order valence-electron chi connectivity index (χ3n) is 4.85. The van der Waals surface area contributed by atoms with E-state index >= 15 is 0 Å². The lowest BCUT2D eigenvalue weighted by molar-refractivity contribution is -0.144. The van der Waals surface area contributed by atoms with Gasteiger partial charge in [0.1, 0.15) is 0 Å². The molecule has 1 saturated heterocycles. The summed E-state index contributed by atoms with van der Waals surface area (Å²) in [7, 11) is 0. The van der Waals surface area contributed by atoms with Gasteiger partial charge in [-0.25, -0.2) is 0 Å². The maximum Gasteiger partial charge on any atom is 0.306 e. The van der Waals surface area contributed by atoms with Gasteiger partial charge in [-0.3, -0.25) is 9.59 Å². The molecular weight excluding hydrogens is 270 g/mol. The molecule has 2 N–H and O–H groups in total. The summed E-state index contributed by atoms with van der Waals surface area (Å²) >= 11 is 0. The number of aliphatic carboxylic acids is 1. The molecule has 0 aromatic heterocycles. The average Bonchev–Trinajstić information content (AvgIpc) is 2.47. The van der Waals surface area contributed by atoms with E-state index < -0.39 is 5.97 Å². The van der Waals surface area contributed by atoms with Gasteiger partial charge in [0, 0.05) is 18.6 Å². The van der Waals surface area contributed by atoms with E-state index in [-0.39, 0.29) is 29.9 Å². The number of carbonyl (C=O) groups excluding carboxylic acids is 1. The van der Waals surface area contributed by atoms with Gasteiger partial charge in [-0.2, -0.15) is 0 Å². The van der Waals surface area contributed by atoms with E-state index in [0.29, 0.717) is 38.2 Å². The predicted octanol–water partition coefficient (Wildman–Crippen LogP) is 2.20. The number of hydrogen-bond donors (Lipinski definition) is 2. The number of carboxylic acid groups (broad SMARTS) is 1. The van der Waals surface area contributed by atoms with Crippen molar-refractivity contribution in [2.45, 2.75) is 64.5 Å². The Bertz CT molecular complexity index is 374. The van der Waals surface area contributed by atoms with Gasteiger partial charge in [0.15, 0.2) is 0 Å². The molecule has 1 aliphatic heterocycles. The van der Waals surface area contributed by atoms with Gasteiger partial charge in [-0.05, 0) is 44.4 Å². The number of carbonyl (C=O) groups is 2. The van der Waals surface area contributed by atoms with Crippen LogP contribution in [0.2, 0.25) is 0 Å². The van der Waals surface area contributed by atoms with Crippen LogP contribution in [0.15, 0.2) is 0 Å². The third-order valence-corrected chi connectivity index (χ3v) is 4.85. The summed E-state index contributed by atoms with van der Waals surface area (Å²) in [6, 6.07) is 0.204. The fraction of sp³-hybridized carbons (Fsp3) is 0.875. The molecule has 2 unspecified atom stereocenters. The Kier molecular flexibility index (Phi) is 5.62. The van der Waals surface area contributed by atoms with Gasteiger partial charge in [-0.15, -0.1) is 0 Å². The summed E-state index contributed by atoms with van der Waals surface area (Å²) in [6.07, 6.45) is 4.62. The van der Waals surface area contributed by atoms with Crippen molar-refractivity contribution in [3.63, 3.8) is 0 Å². The van der Waals surface area contributed by atoms with Gasteiger partial charge in [0.05, 0.1) is 12.0 Å². The van der Waals surface area contributed by atoms with Crippen LogP contribution in [0, 0.1) is 17.8 Å². The molecule has 1 amide bonds. The summed E-state index contributed by atoms with van der Waals surface area (Å²) in [5.41, 5.74) is 0. The number of amides is 1. The van der Waals surface area contributed by atoms with Crippen molar-refractivity contribution < 1.29 is 19.4 Å². The van der Waals surface area contributed by atoms with E-state index in [4.69, 9.17) is 9.84 Å². The summed E-state index contributed by atoms with van der Waals surface area (Å²) < 4.78 is 5.72. The second kappa shape index (κ2) is 7.25. The molecule has 120 valence electrons. The first-order chi connectivity index (χ1) is 9.97. The topological polar surface area (TPSA) is 75.6 Å². The van der Waals surface area contributed by atoms with Crippen LogP contribution in [0.3, 0.4) is 0 Å². The van der Waals surface area contributed by atoms with Crippen molar-refractivity contribution in [3.05, 3.63) is 0 Å². The molecule has 0 aromatic rings. The highest BCUT2D eigenvalue weighted by atomic mass is 16.5. The van der Waals surface area contributed by atoms with Gasteiger partial charge >= 0.3 is 5.97 Å². The lowest BCUT2D eigenvalue weighted by atomic mass is 9.81. The molecule has 0 radical (unpaired) electrons. The highest BCUT2D eigenvalue weighted by molar-refractivity contribution is 5.79. The van der Waals surface area contributed by atoms with E-state index in [0.717, 1.165) is 12.8 Å². The van der Waals surface area contributed by atoms with Gasteiger partial charge in [-0.1, -0.05) is 13.8 Å². The van der Waals surface area contributed by atoms with Crippen LogP contribution >= 0.6 is 0 Å². The number of ether oxygens (including phenoxy) is 1. The van der Waals surface area contributed by atoms with Crippen molar-refractivity contribution in [1.29, 1.82) is 0 Å². The second-order valence-electron chi connectivity index (χ2n) is 6.77. The van der Waals surface area contributed by atoms with Crippen LogP contribution in [0.1, 0.15) is 52.4 Å². The summed E-state index contributed by atoms with van der Waals surface area (Å²) in [5, 5.41) is 12.1. The number of hydrogen-bond acceptors (Lipinski definition) is 3. The van der Waals surface area contributed by atoms with Crippen LogP contribution in [-0.4, -0.2) is 35.7 Å². The quantitative estimate of drug-likeness (QED) is 0.834. The molecule has 1 saturated carbocycles. The van der Waals surface area contributed by atoms with Crippen LogP contribution in [0.5, 0.6) is 0 Å². The minimum Gasteiger partial charge on any atom is -0.481 e. The minimum absolute atomic E-state index is 0.0130. The van der Waals surface area contributed by atoms with Crippen molar-refractivity contribution in [2.75, 3.05) is 6.61 Å². The van der Waals surface area contributed by atoms with E-state index in [2.05, 4.69) is 19.2 Å². The van der Waals surface area contributed by atoms with E-state index in [1.54, 1.807) is 0 Å². The molecule has 2 aliphatic rings. The molecule has 0 bridgehead atoms. The predicted molar refractivity (Wildman–Crippen MR) is 78.8 cm³/mol. The van der Waals surface area contributed by atoms with Crippen LogP contribution in [0.25, 0.3) is 0 Å². The van der Waals surface area contributed by atoms with Crippen molar-refractivity contribution in [1.82, 2.24) is 5.32 Å². The van der Waals surface area contributed by atoms with Crippen LogP contribution < -0.4 is 5.32 Å². The zero-order valence-corrected chi connectivity index (χ0v) is 13.0. The Hall–Kier alpha value is -1.10. The SMILES string of the molecule is CC(C)C1CC(NC(=O)C2CCC(C(=O)O)CC2)CCO1. The molecule has 1 heterocycles. The Morgan fingerprint density at radius 2 is 1.71 bits per heavy atom. The molecule has 2 fully saturated rings. The summed E-state index contributed by atoms with van der Waals surface area (Å²) in [6.45, 7) is 4.99. The summed E-state index contributed by atoms with van der Waals surface area (Å²) in [5.74, 6) is -0.426. The maximum atomic E-state index is 12.3. The Labute approximate surface area is 126 Å². The zero-order chi connectivity index (χ0) is 15.4. The lowest BCUT2D eigenvalue weighted by Crippen LogP contribution is -2.46. The first-order valence-corrected chi connectivity index (χ1v) is 8.12. The number of carboxylic acids is 1. The fourth-order valence-electron chi connectivity index (χ4n) is 3.35. The normalized spacial score (nSPS) is 33.7. The van der Waals surface area contributed by atoms with Crippen molar-refractivity contribution in [3.8, 4) is 0 Å². The van der Waals surface area contributed by atoms with E-state index in [1.165, 1.54) is 0 Å². The molecule has 5 nitrogen and oxygen atoms in total.